The zero-order valence-corrected chi connectivity index (χ0v) is 18.4. The normalized spacial score (nSPS) is 13.4. The van der Waals surface area contributed by atoms with Crippen LogP contribution in [0.3, 0.4) is 0 Å². The highest BCUT2D eigenvalue weighted by Gasteiger charge is 2.19. The van der Waals surface area contributed by atoms with E-state index in [9.17, 15) is 16.8 Å². The highest BCUT2D eigenvalue weighted by Crippen LogP contribution is 2.10. The van der Waals surface area contributed by atoms with Crippen molar-refractivity contribution in [3.8, 4) is 0 Å². The van der Waals surface area contributed by atoms with E-state index in [-0.39, 0.29) is 24.6 Å². The van der Waals surface area contributed by atoms with Gasteiger partial charge in [0.15, 0.2) is 0 Å². The molecular formula is C20H24N2O6S2. The molecule has 10 heteroatoms. The van der Waals surface area contributed by atoms with E-state index in [1.54, 1.807) is 74.5 Å². The smallest absolute Gasteiger partial charge is 0.270 e. The Balaban J connectivity index is 2.52. The van der Waals surface area contributed by atoms with Crippen LogP contribution in [0.1, 0.15) is 25.0 Å². The number of hydrogen-bond acceptors (Lipinski definition) is 8. The monoisotopic (exact) mass is 452 g/mol. The number of benzene rings is 2. The van der Waals surface area contributed by atoms with Gasteiger partial charge in [-0.1, -0.05) is 60.7 Å². The van der Waals surface area contributed by atoms with Crippen molar-refractivity contribution in [2.75, 3.05) is 24.7 Å². The first kappa shape index (κ1) is 23.9. The van der Waals surface area contributed by atoms with E-state index in [4.69, 9.17) is 8.37 Å². The molecule has 0 heterocycles. The molecule has 0 atom stereocenters. The van der Waals surface area contributed by atoms with Gasteiger partial charge in [0.25, 0.3) is 20.2 Å². The molecule has 0 spiro atoms. The number of rotatable bonds is 11. The highest BCUT2D eigenvalue weighted by molar-refractivity contribution is 7.87. The van der Waals surface area contributed by atoms with Crippen LogP contribution in [0.25, 0.3) is 0 Å². The SMILES string of the molecule is CCOS(=O)(=O)CC(=NN=C(CS(=O)(=O)OCC)c1ccccc1)c1ccccc1. The topological polar surface area (TPSA) is 111 Å². The van der Waals surface area contributed by atoms with Crippen molar-refractivity contribution in [2.24, 2.45) is 10.2 Å². The molecule has 0 saturated carbocycles. The van der Waals surface area contributed by atoms with Crippen molar-refractivity contribution in [1.29, 1.82) is 0 Å². The molecule has 0 aliphatic carbocycles. The lowest BCUT2D eigenvalue weighted by Gasteiger charge is -2.09. The van der Waals surface area contributed by atoms with E-state index in [0.29, 0.717) is 11.1 Å². The lowest BCUT2D eigenvalue weighted by molar-refractivity contribution is 0.339. The summed E-state index contributed by atoms with van der Waals surface area (Å²) in [4.78, 5) is 0. The molecule has 162 valence electrons. The third kappa shape index (κ3) is 7.79. The van der Waals surface area contributed by atoms with Crippen molar-refractivity contribution in [3.05, 3.63) is 71.8 Å². The van der Waals surface area contributed by atoms with E-state index < -0.39 is 31.7 Å². The highest BCUT2D eigenvalue weighted by atomic mass is 32.2. The largest absolute Gasteiger partial charge is 0.273 e. The minimum atomic E-state index is -3.88. The Morgan fingerprint density at radius 1 is 0.667 bits per heavy atom. The van der Waals surface area contributed by atoms with Crippen LogP contribution < -0.4 is 0 Å². The zero-order chi connectivity index (χ0) is 22.0. The standard InChI is InChI=1S/C20H24N2O6S2/c1-3-27-29(23,24)15-19(17-11-7-5-8-12-17)21-22-20(16-30(25,26)28-4-2)18-13-9-6-10-14-18/h5-14H,3-4,15-16H2,1-2H3. The van der Waals surface area contributed by atoms with Crippen molar-refractivity contribution in [3.63, 3.8) is 0 Å². The molecule has 8 nitrogen and oxygen atoms in total. The first-order valence-electron chi connectivity index (χ1n) is 9.24. The van der Waals surface area contributed by atoms with Gasteiger partial charge in [0.1, 0.15) is 11.5 Å². The summed E-state index contributed by atoms with van der Waals surface area (Å²) in [6.45, 7) is 3.13. The maximum Gasteiger partial charge on any atom is 0.273 e. The molecule has 30 heavy (non-hydrogen) atoms. The van der Waals surface area contributed by atoms with Crippen LogP contribution in [-0.4, -0.2) is 53.0 Å². The summed E-state index contributed by atoms with van der Waals surface area (Å²) >= 11 is 0. The quantitative estimate of drug-likeness (QED) is 0.294. The fraction of sp³-hybridized carbons (Fsp3) is 0.300. The average molecular weight is 453 g/mol. The van der Waals surface area contributed by atoms with Gasteiger partial charge in [0.05, 0.1) is 24.6 Å². The molecule has 0 aliphatic heterocycles. The molecule has 0 radical (unpaired) electrons. The molecule has 0 bridgehead atoms. The third-order valence-electron chi connectivity index (χ3n) is 3.73. The van der Waals surface area contributed by atoms with E-state index in [0.717, 1.165) is 0 Å². The Labute approximate surface area is 177 Å². The molecule has 0 fully saturated rings. The second-order valence-corrected chi connectivity index (χ2v) is 9.32. The maximum absolute atomic E-state index is 12.2. The van der Waals surface area contributed by atoms with Gasteiger partial charge in [-0.05, 0) is 25.0 Å². The second kappa shape index (κ2) is 11.1. The van der Waals surface area contributed by atoms with E-state index in [1.165, 1.54) is 0 Å². The van der Waals surface area contributed by atoms with E-state index in [1.807, 2.05) is 0 Å². The van der Waals surface area contributed by atoms with Gasteiger partial charge in [-0.3, -0.25) is 8.37 Å². The van der Waals surface area contributed by atoms with E-state index in [2.05, 4.69) is 10.2 Å². The second-order valence-electron chi connectivity index (χ2n) is 6.04. The lowest BCUT2D eigenvalue weighted by atomic mass is 10.1. The summed E-state index contributed by atoms with van der Waals surface area (Å²) in [5.41, 5.74) is 1.33. The molecule has 2 aromatic rings. The van der Waals surface area contributed by atoms with Crippen molar-refractivity contribution >= 4 is 31.7 Å². The van der Waals surface area contributed by atoms with Gasteiger partial charge in [-0.15, -0.1) is 0 Å². The van der Waals surface area contributed by atoms with Crippen LogP contribution in [0.4, 0.5) is 0 Å². The fourth-order valence-corrected chi connectivity index (χ4v) is 4.50. The molecule has 0 N–H and O–H groups in total. The van der Waals surface area contributed by atoms with Crippen LogP contribution >= 0.6 is 0 Å². The van der Waals surface area contributed by atoms with Gasteiger partial charge in [-0.25, -0.2) is 0 Å². The minimum Gasteiger partial charge on any atom is -0.270 e. The van der Waals surface area contributed by atoms with Crippen LogP contribution in [-0.2, 0) is 28.6 Å². The zero-order valence-electron chi connectivity index (χ0n) is 16.8. The fourth-order valence-electron chi connectivity index (χ4n) is 2.50. The average Bonchev–Trinajstić information content (AvgIpc) is 2.71. The molecule has 0 unspecified atom stereocenters. The van der Waals surface area contributed by atoms with Gasteiger partial charge in [-0.2, -0.15) is 27.0 Å². The molecule has 2 aromatic carbocycles. The summed E-state index contributed by atoms with van der Waals surface area (Å²) < 4.78 is 58.3. The Kier molecular flexibility index (Phi) is 8.85. The lowest BCUT2D eigenvalue weighted by Crippen LogP contribution is -2.21. The van der Waals surface area contributed by atoms with Gasteiger partial charge >= 0.3 is 0 Å². The third-order valence-corrected chi connectivity index (χ3v) is 6.17. The van der Waals surface area contributed by atoms with Crippen molar-refractivity contribution < 1.29 is 25.2 Å². The molecular weight excluding hydrogens is 428 g/mol. The van der Waals surface area contributed by atoms with Crippen LogP contribution in [0.15, 0.2) is 70.9 Å². The number of hydrogen-bond donors (Lipinski definition) is 0. The molecule has 2 rings (SSSR count). The van der Waals surface area contributed by atoms with E-state index >= 15 is 0 Å². The summed E-state index contributed by atoms with van der Waals surface area (Å²) in [5, 5.41) is 8.22. The Hall–Kier alpha value is -2.40. The summed E-state index contributed by atoms with van der Waals surface area (Å²) in [7, 11) is -7.76. The molecule has 0 saturated heterocycles. The Morgan fingerprint density at radius 2 is 1.00 bits per heavy atom. The van der Waals surface area contributed by atoms with Crippen LogP contribution in [0, 0.1) is 0 Å². The maximum atomic E-state index is 12.2. The Morgan fingerprint density at radius 3 is 1.30 bits per heavy atom. The number of nitrogens with zero attached hydrogens (tertiary/aromatic N) is 2. The first-order chi connectivity index (χ1) is 14.3. The van der Waals surface area contributed by atoms with Crippen LogP contribution in [0.2, 0.25) is 0 Å². The Bertz CT molecular complexity index is 991. The molecule has 0 amide bonds. The van der Waals surface area contributed by atoms with Gasteiger partial charge < -0.3 is 0 Å². The predicted molar refractivity (Wildman–Crippen MR) is 117 cm³/mol. The first-order valence-corrected chi connectivity index (χ1v) is 12.4. The van der Waals surface area contributed by atoms with Crippen molar-refractivity contribution in [1.82, 2.24) is 0 Å². The van der Waals surface area contributed by atoms with Gasteiger partial charge in [0.2, 0.25) is 0 Å². The summed E-state index contributed by atoms with van der Waals surface area (Å²) in [6.07, 6.45) is 0. The predicted octanol–water partition coefficient (Wildman–Crippen LogP) is 2.61. The van der Waals surface area contributed by atoms with Crippen LogP contribution in [0.5, 0.6) is 0 Å². The molecule has 0 aliphatic rings. The summed E-state index contributed by atoms with van der Waals surface area (Å²) in [5.74, 6) is -1.01. The van der Waals surface area contributed by atoms with Gasteiger partial charge in [0, 0.05) is 0 Å². The molecule has 0 aromatic heterocycles. The van der Waals surface area contributed by atoms with Crippen molar-refractivity contribution in [2.45, 2.75) is 13.8 Å². The summed E-state index contributed by atoms with van der Waals surface area (Å²) in [6, 6.07) is 17.3. The minimum absolute atomic E-state index is 0.00443.